The molecule has 18 nitrogen and oxygen atoms in total. The summed E-state index contributed by atoms with van der Waals surface area (Å²) in [5.74, 6) is -0.890. The smallest absolute Gasteiger partial charge is 0.307 e. The Balaban J connectivity index is 0.000000125. The molecule has 0 amide bonds. The first kappa shape index (κ1) is 88.6. The van der Waals surface area contributed by atoms with Crippen molar-refractivity contribution in [1.82, 2.24) is 43.6 Å². The monoisotopic (exact) mass is 1880 g/mol. The lowest BCUT2D eigenvalue weighted by atomic mass is 9.82. The van der Waals surface area contributed by atoms with Crippen LogP contribution in [0.3, 0.4) is 0 Å². The van der Waals surface area contributed by atoms with Crippen LogP contribution < -0.4 is 14.7 Å². The number of rotatable bonds is 15. The standard InChI is InChI=1S/C60H42N4.C51H38N2.C18N12/c1-5-17-45(18-6-1)61(51-37-39-59-55(41-51)53-25-13-15-27-57(53)63(59)47-21-9-3-10-22-47)49-33-29-43(30-34-49)44-31-35-50(36-32-44)62(46-19-7-2-8-20-46)52-38-40-60-56(42-52)54-26-14-16-28-58(54)64(60)48-23-11-4-12-24-48;1-51(2)47-19-11-9-17-43(47)44-31-30-42(34-48(44)51)52(40-26-21-36(22-27-40)35-13-5-3-6-14-35)41-28-23-37(24-29-41)38-25-32-50-46(33-38)45-18-10-12-20-49(45)53(50)39-15-7-4-8-16-39;1-22-16-9(6-21)27-12-10-11(26-8(5-20)7(4-19)25-10)14-15(13(12)28-16)30-18(24-3)17(23-2)29-14/h1-42H;3-34H,1-2H3;. The molecule has 0 radical (unpaired) electrons. The Morgan fingerprint density at radius 1 is 0.224 bits per heavy atom. The number of hydrogen-bond acceptors (Lipinski definition) is 12. The lowest BCUT2D eigenvalue weighted by molar-refractivity contribution is 0.660. The molecule has 0 saturated carbocycles. The van der Waals surface area contributed by atoms with Gasteiger partial charge in [0.25, 0.3) is 17.2 Å². The minimum absolute atomic E-state index is 0.000622. The largest absolute Gasteiger partial charge is 0.370 e. The molecule has 18 heteroatoms. The van der Waals surface area contributed by atoms with E-state index in [1.54, 1.807) is 18.2 Å². The quantitative estimate of drug-likeness (QED) is 0.0699. The molecule has 0 spiro atoms. The molecule has 1 aliphatic carbocycles. The number of nitrogens with zero attached hydrogens (tertiary/aromatic N) is 18. The second-order valence-corrected chi connectivity index (χ2v) is 36.3. The summed E-state index contributed by atoms with van der Waals surface area (Å²) in [5, 5.41) is 35.3. The maximum absolute atomic E-state index is 9.30. The molecule has 25 aromatic rings. The number of benzene rings is 19. The minimum Gasteiger partial charge on any atom is -0.370 e. The van der Waals surface area contributed by atoms with Crippen LogP contribution in [0.2, 0.25) is 0 Å². The second-order valence-electron chi connectivity index (χ2n) is 36.3. The number of nitriles is 3. The summed E-state index contributed by atoms with van der Waals surface area (Å²) < 4.78 is 7.10. The average Bonchev–Trinajstić information content (AvgIpc) is 1.67. The Hall–Kier alpha value is -21.1. The lowest BCUT2D eigenvalue weighted by Crippen LogP contribution is -2.16. The third-order valence-electron chi connectivity index (χ3n) is 27.6. The Labute approximate surface area is 846 Å². The molecule has 0 saturated heterocycles. The fourth-order valence-corrected chi connectivity index (χ4v) is 20.8. The zero-order valence-electron chi connectivity index (χ0n) is 79.3. The van der Waals surface area contributed by atoms with E-state index in [-0.39, 0.29) is 73.1 Å². The predicted octanol–water partition coefficient (Wildman–Crippen LogP) is 33.2. The summed E-state index contributed by atoms with van der Waals surface area (Å²) in [6, 6.07) is 168. The normalized spacial score (nSPS) is 11.6. The molecule has 0 atom stereocenters. The van der Waals surface area contributed by atoms with Crippen molar-refractivity contribution >= 4 is 167 Å². The maximum Gasteiger partial charge on any atom is 0.307 e. The van der Waals surface area contributed by atoms with Crippen LogP contribution in [0.25, 0.3) is 175 Å². The van der Waals surface area contributed by atoms with Crippen molar-refractivity contribution in [2.75, 3.05) is 14.7 Å². The summed E-state index contributed by atoms with van der Waals surface area (Å²) in [6.07, 6.45) is 0. The Morgan fingerprint density at radius 2 is 0.490 bits per heavy atom. The molecule has 26 rings (SSSR count). The van der Waals surface area contributed by atoms with Crippen molar-refractivity contribution in [3.8, 4) is 79.8 Å². The van der Waals surface area contributed by atoms with E-state index in [0.717, 1.165) is 73.7 Å². The van der Waals surface area contributed by atoms with Crippen LogP contribution in [0.15, 0.2) is 449 Å². The summed E-state index contributed by atoms with van der Waals surface area (Å²) in [5.41, 5.74) is 32.3. The van der Waals surface area contributed by atoms with Crippen LogP contribution >= 0.6 is 0 Å². The first-order chi connectivity index (χ1) is 72.4. The molecule has 0 fully saturated rings. The third kappa shape index (κ3) is 15.7. The van der Waals surface area contributed by atoms with Gasteiger partial charge in [-0.25, -0.2) is 15.0 Å². The zero-order chi connectivity index (χ0) is 99.3. The number of anilines is 9. The van der Waals surface area contributed by atoms with Gasteiger partial charge in [0.2, 0.25) is 11.0 Å². The molecule has 0 N–H and O–H groups in total. The first-order valence-electron chi connectivity index (χ1n) is 48.0. The molecule has 147 heavy (non-hydrogen) atoms. The zero-order valence-corrected chi connectivity index (χ0v) is 79.3. The molecular formula is C129H80N18. The maximum atomic E-state index is 9.30. The second kappa shape index (κ2) is 37.3. The number of aromatic nitrogens is 9. The van der Waals surface area contributed by atoms with Gasteiger partial charge in [-0.15, -0.1) is 15.0 Å². The van der Waals surface area contributed by atoms with Gasteiger partial charge in [0.1, 0.15) is 34.8 Å². The van der Waals surface area contributed by atoms with Crippen LogP contribution in [0.5, 0.6) is 0 Å². The van der Waals surface area contributed by atoms with Gasteiger partial charge in [0, 0.05) is 106 Å². The van der Waals surface area contributed by atoms with Gasteiger partial charge in [-0.3, -0.25) is 0 Å². The van der Waals surface area contributed by atoms with Crippen LogP contribution in [-0.4, -0.2) is 43.6 Å². The van der Waals surface area contributed by atoms with Gasteiger partial charge in [-0.05, 0) is 244 Å². The summed E-state index contributed by atoms with van der Waals surface area (Å²) in [4.78, 5) is 41.5. The van der Waals surface area contributed by atoms with Gasteiger partial charge in [0.15, 0.2) is 17.1 Å². The highest BCUT2D eigenvalue weighted by molar-refractivity contribution is 6.20. The van der Waals surface area contributed by atoms with Crippen molar-refractivity contribution in [3.63, 3.8) is 0 Å². The highest BCUT2D eigenvalue weighted by Crippen LogP contribution is 2.53. The van der Waals surface area contributed by atoms with E-state index >= 15 is 0 Å². The number of hydrogen-bond donors (Lipinski definition) is 0. The summed E-state index contributed by atoms with van der Waals surface area (Å²) >= 11 is 0. The van der Waals surface area contributed by atoms with Gasteiger partial charge in [0.05, 0.1) is 33.1 Å². The van der Waals surface area contributed by atoms with Crippen molar-refractivity contribution < 1.29 is 0 Å². The minimum atomic E-state index is -0.298. The molecule has 686 valence electrons. The first-order valence-corrected chi connectivity index (χ1v) is 48.0. The Morgan fingerprint density at radius 3 is 0.878 bits per heavy atom. The molecule has 0 unspecified atom stereocenters. The van der Waals surface area contributed by atoms with Crippen molar-refractivity contribution in [2.45, 2.75) is 19.3 Å². The van der Waals surface area contributed by atoms with Gasteiger partial charge < -0.3 is 42.9 Å². The SMILES string of the molecule is CC1(C)c2ccccc2-c2ccc(N(c3ccc(-c4ccccc4)cc3)c3ccc(-c4ccc5c(c4)c4ccccc4n5-c4ccccc4)cc3)cc21.[C-]#[N+]c1nc2c(nc1C#N)c1nc(C#N)c(C#N)nc1c1nc([N+]#[C-])c([N+]#[C-])nc21.c1ccc(N(c2ccc(-c3ccc(N(c4ccccc4)c4ccc5c(c4)c4ccccc4n5-c4ccccc4)cc3)cc2)c2ccc3c(c2)c2ccccc2n3-c2ccccc2)cc1. The molecule has 0 bridgehead atoms. The lowest BCUT2D eigenvalue weighted by Gasteiger charge is -2.28. The molecule has 1 aliphatic rings. The topological polar surface area (TPSA) is 186 Å². The van der Waals surface area contributed by atoms with Gasteiger partial charge in [-0.2, -0.15) is 15.8 Å². The van der Waals surface area contributed by atoms with Crippen molar-refractivity contribution in [1.29, 1.82) is 15.8 Å². The van der Waals surface area contributed by atoms with Crippen LogP contribution in [0, 0.1) is 53.7 Å². The van der Waals surface area contributed by atoms with Crippen molar-refractivity contribution in [2.24, 2.45) is 0 Å². The fourth-order valence-electron chi connectivity index (χ4n) is 20.8. The highest BCUT2D eigenvalue weighted by atomic mass is 15.2. The van der Waals surface area contributed by atoms with E-state index in [2.05, 4.69) is 536 Å². The van der Waals surface area contributed by atoms with Gasteiger partial charge in [-0.1, -0.05) is 294 Å². The predicted molar refractivity (Wildman–Crippen MR) is 592 cm³/mol. The molecule has 0 aliphatic heterocycles. The molecule has 6 aromatic heterocycles. The van der Waals surface area contributed by atoms with E-state index in [0.29, 0.717) is 0 Å². The van der Waals surface area contributed by atoms with Crippen LogP contribution in [0.4, 0.5) is 68.6 Å². The van der Waals surface area contributed by atoms with E-state index in [1.807, 2.05) is 0 Å². The van der Waals surface area contributed by atoms with Crippen LogP contribution in [0.1, 0.15) is 42.1 Å². The average molecular weight is 1880 g/mol. The summed E-state index contributed by atoms with van der Waals surface area (Å²) in [6.45, 7) is 26.4. The van der Waals surface area contributed by atoms with Crippen LogP contribution in [-0.2, 0) is 5.41 Å². The van der Waals surface area contributed by atoms with Gasteiger partial charge >= 0.3 is 5.82 Å². The molecule has 19 aromatic carbocycles. The Bertz CT molecular complexity index is 9220. The number of fused-ring (bicyclic) bond motifs is 18. The highest BCUT2D eigenvalue weighted by Gasteiger charge is 2.37. The fraction of sp³-hybridized carbons (Fsp3) is 0.0233. The third-order valence-corrected chi connectivity index (χ3v) is 27.6. The van der Waals surface area contributed by atoms with E-state index < -0.39 is 0 Å². The van der Waals surface area contributed by atoms with Crippen molar-refractivity contribution in [3.05, 3.63) is 511 Å². The van der Waals surface area contributed by atoms with E-state index in [9.17, 15) is 15.8 Å². The van der Waals surface area contributed by atoms with E-state index in [4.69, 9.17) is 19.7 Å². The van der Waals surface area contributed by atoms with E-state index in [1.165, 1.54) is 116 Å². The Kier molecular flexibility index (Phi) is 22.5. The molecular weight excluding hydrogens is 1800 g/mol. The summed E-state index contributed by atoms with van der Waals surface area (Å²) in [7, 11) is 0. The molecule has 6 heterocycles. The number of para-hydroxylation sites is 8.